The van der Waals surface area contributed by atoms with Crippen LogP contribution in [0, 0.1) is 10.3 Å². The van der Waals surface area contributed by atoms with Crippen LogP contribution in [0.4, 0.5) is 11.6 Å². The molecule has 0 unspecified atom stereocenters. The van der Waals surface area contributed by atoms with E-state index in [4.69, 9.17) is 4.74 Å². The highest BCUT2D eigenvalue weighted by Crippen LogP contribution is 2.27. The molecule has 0 aliphatic rings. The van der Waals surface area contributed by atoms with Gasteiger partial charge in [0, 0.05) is 24.8 Å². The zero-order valence-electron chi connectivity index (χ0n) is 17.6. The second-order valence-corrected chi connectivity index (χ2v) is 8.05. The molecule has 0 atom stereocenters. The fourth-order valence-electron chi connectivity index (χ4n) is 2.86. The number of nitroso groups, excluding NO2 is 1. The van der Waals surface area contributed by atoms with Gasteiger partial charge in [-0.25, -0.2) is 4.98 Å². The highest BCUT2D eigenvalue weighted by molar-refractivity contribution is 6.04. The average molecular weight is 424 g/mol. The van der Waals surface area contributed by atoms with Crippen molar-refractivity contribution in [3.8, 4) is 5.75 Å². The molecule has 0 aliphatic carbocycles. The summed E-state index contributed by atoms with van der Waals surface area (Å²) in [6.45, 7) is 5.68. The van der Waals surface area contributed by atoms with Crippen LogP contribution in [0.15, 0.2) is 47.6 Å². The molecule has 9 nitrogen and oxygen atoms in total. The lowest BCUT2D eigenvalue weighted by atomic mass is 9.97. The summed E-state index contributed by atoms with van der Waals surface area (Å²) < 4.78 is 7.20. The van der Waals surface area contributed by atoms with Crippen molar-refractivity contribution in [2.45, 2.75) is 33.7 Å². The van der Waals surface area contributed by atoms with E-state index in [1.807, 2.05) is 0 Å². The summed E-state index contributed by atoms with van der Waals surface area (Å²) >= 11 is 0. The molecule has 3 rings (SSSR count). The van der Waals surface area contributed by atoms with Crippen LogP contribution in [-0.2, 0) is 11.3 Å². The highest BCUT2D eigenvalue weighted by Gasteiger charge is 2.24. The quantitative estimate of drug-likeness (QED) is 0.335. The van der Waals surface area contributed by atoms with Crippen LogP contribution in [0.25, 0.3) is 11.0 Å². The highest BCUT2D eigenvalue weighted by atomic mass is 16.5. The van der Waals surface area contributed by atoms with Gasteiger partial charge in [-0.2, -0.15) is 0 Å². The molecule has 3 aromatic rings. The van der Waals surface area contributed by atoms with E-state index < -0.39 is 11.3 Å². The van der Waals surface area contributed by atoms with Crippen molar-refractivity contribution in [1.82, 2.24) is 9.55 Å². The van der Waals surface area contributed by atoms with E-state index in [9.17, 15) is 19.6 Å². The number of hydrogen-bond donors (Lipinski definition) is 2. The Hall–Kier alpha value is -3.59. The third-order valence-corrected chi connectivity index (χ3v) is 4.52. The number of aromatic nitrogens is 2. The Morgan fingerprint density at radius 1 is 1.19 bits per heavy atom. The number of imidazole rings is 1. The summed E-state index contributed by atoms with van der Waals surface area (Å²) in [6.07, 6.45) is 0.458. The van der Waals surface area contributed by atoms with Gasteiger partial charge < -0.3 is 14.4 Å². The number of aliphatic hydroxyl groups excluding tert-OH is 1. The number of aryl methyl sites for hydroxylation is 1. The predicted molar refractivity (Wildman–Crippen MR) is 116 cm³/mol. The zero-order valence-corrected chi connectivity index (χ0v) is 17.6. The first-order valence-corrected chi connectivity index (χ1v) is 9.81. The minimum Gasteiger partial charge on any atom is -0.426 e. The number of aliphatic hydroxyl groups is 1. The summed E-state index contributed by atoms with van der Waals surface area (Å²) in [5, 5.41) is 14.8. The van der Waals surface area contributed by atoms with E-state index >= 15 is 0 Å². The summed E-state index contributed by atoms with van der Waals surface area (Å²) in [7, 11) is 0. The topological polar surface area (TPSA) is 123 Å². The van der Waals surface area contributed by atoms with Gasteiger partial charge in [-0.3, -0.25) is 14.9 Å². The normalized spacial score (nSPS) is 11.4. The van der Waals surface area contributed by atoms with E-state index in [0.29, 0.717) is 29.7 Å². The Morgan fingerprint density at radius 2 is 1.97 bits per heavy atom. The molecule has 1 heterocycles. The molecule has 9 heteroatoms. The number of anilines is 1. The maximum absolute atomic E-state index is 12.7. The third kappa shape index (κ3) is 5.13. The monoisotopic (exact) mass is 424 g/mol. The molecule has 0 aliphatic heterocycles. The van der Waals surface area contributed by atoms with Gasteiger partial charge >= 0.3 is 5.97 Å². The van der Waals surface area contributed by atoms with Crippen molar-refractivity contribution >= 4 is 34.5 Å². The SMILES string of the molecule is CC(C)(C)C(=O)Oc1ccc2c(c1)nc(NC(=O)c1cccc(N=O)c1)n2CCCO. The van der Waals surface area contributed by atoms with Gasteiger partial charge in [-0.05, 0) is 62.7 Å². The van der Waals surface area contributed by atoms with Gasteiger partial charge in [-0.1, -0.05) is 6.07 Å². The molecule has 0 spiro atoms. The largest absolute Gasteiger partial charge is 0.426 e. The number of rotatable bonds is 7. The fraction of sp³-hybridized carbons (Fsp3) is 0.318. The molecule has 162 valence electrons. The Morgan fingerprint density at radius 3 is 2.65 bits per heavy atom. The van der Waals surface area contributed by atoms with Crippen molar-refractivity contribution in [2.24, 2.45) is 10.6 Å². The number of ether oxygens (including phenoxy) is 1. The van der Waals surface area contributed by atoms with Crippen molar-refractivity contribution in [1.29, 1.82) is 0 Å². The Balaban J connectivity index is 1.94. The van der Waals surface area contributed by atoms with Gasteiger partial charge in [0.1, 0.15) is 11.4 Å². The second-order valence-electron chi connectivity index (χ2n) is 8.05. The first-order chi connectivity index (χ1) is 14.7. The van der Waals surface area contributed by atoms with Crippen LogP contribution in [-0.4, -0.2) is 33.1 Å². The number of amides is 1. The number of nitrogens with one attached hydrogen (secondary N) is 1. The van der Waals surface area contributed by atoms with Gasteiger partial charge in [0.2, 0.25) is 5.95 Å². The number of fused-ring (bicyclic) bond motifs is 1. The summed E-state index contributed by atoms with van der Waals surface area (Å²) in [4.78, 5) is 40.1. The molecule has 0 radical (unpaired) electrons. The number of carbonyl (C=O) groups excluding carboxylic acids is 2. The number of esters is 1. The van der Waals surface area contributed by atoms with Crippen molar-refractivity contribution < 1.29 is 19.4 Å². The van der Waals surface area contributed by atoms with E-state index in [1.165, 1.54) is 12.1 Å². The van der Waals surface area contributed by atoms with Crippen LogP contribution in [0.1, 0.15) is 37.6 Å². The minimum atomic E-state index is -0.653. The molecular formula is C22H24N4O5. The fourth-order valence-corrected chi connectivity index (χ4v) is 2.86. The van der Waals surface area contributed by atoms with E-state index in [0.717, 1.165) is 0 Å². The van der Waals surface area contributed by atoms with Crippen LogP contribution in [0.5, 0.6) is 5.75 Å². The zero-order chi connectivity index (χ0) is 22.6. The molecule has 2 aromatic carbocycles. The Kier molecular flexibility index (Phi) is 6.45. The first-order valence-electron chi connectivity index (χ1n) is 9.81. The smallest absolute Gasteiger partial charge is 0.316 e. The molecule has 0 saturated carbocycles. The maximum atomic E-state index is 12.7. The van der Waals surface area contributed by atoms with Crippen LogP contribution in [0.3, 0.4) is 0 Å². The third-order valence-electron chi connectivity index (χ3n) is 4.52. The minimum absolute atomic E-state index is 0.0264. The van der Waals surface area contributed by atoms with E-state index in [1.54, 1.807) is 55.7 Å². The molecule has 0 bridgehead atoms. The average Bonchev–Trinajstić information content (AvgIpc) is 3.07. The molecule has 31 heavy (non-hydrogen) atoms. The number of carbonyl (C=O) groups is 2. The van der Waals surface area contributed by atoms with Gasteiger partial charge in [0.25, 0.3) is 5.91 Å². The molecule has 2 N–H and O–H groups in total. The molecule has 1 aromatic heterocycles. The predicted octanol–water partition coefficient (Wildman–Crippen LogP) is 4.02. The maximum Gasteiger partial charge on any atom is 0.316 e. The first kappa shape index (κ1) is 22.1. The van der Waals surface area contributed by atoms with Crippen LogP contribution >= 0.6 is 0 Å². The number of hydrogen-bond acceptors (Lipinski definition) is 7. The lowest BCUT2D eigenvalue weighted by molar-refractivity contribution is -0.142. The van der Waals surface area contributed by atoms with Crippen molar-refractivity contribution in [3.63, 3.8) is 0 Å². The molecule has 0 fully saturated rings. The van der Waals surface area contributed by atoms with Crippen molar-refractivity contribution in [3.05, 3.63) is 52.9 Å². The number of nitrogens with zero attached hydrogens (tertiary/aromatic N) is 3. The second kappa shape index (κ2) is 9.05. The van der Waals surface area contributed by atoms with Gasteiger partial charge in [0.15, 0.2) is 0 Å². The summed E-state index contributed by atoms with van der Waals surface area (Å²) in [6, 6.07) is 11.0. The van der Waals surface area contributed by atoms with Gasteiger partial charge in [-0.15, -0.1) is 4.91 Å². The standard InChI is InChI=1S/C22H24N4O5/c1-22(2,3)20(29)31-16-8-9-18-17(13-16)23-21(26(18)10-5-11-27)24-19(28)14-6-4-7-15(12-14)25-30/h4,6-9,12-13,27H,5,10-11H2,1-3H3,(H,23,24,28). The molecule has 1 amide bonds. The van der Waals surface area contributed by atoms with Crippen LogP contribution < -0.4 is 10.1 Å². The lowest BCUT2D eigenvalue weighted by Crippen LogP contribution is -2.25. The molecule has 0 saturated heterocycles. The van der Waals surface area contributed by atoms with Crippen molar-refractivity contribution in [2.75, 3.05) is 11.9 Å². The van der Waals surface area contributed by atoms with E-state index in [2.05, 4.69) is 15.5 Å². The van der Waals surface area contributed by atoms with Crippen LogP contribution in [0.2, 0.25) is 0 Å². The molecular weight excluding hydrogens is 400 g/mol. The number of benzene rings is 2. The summed E-state index contributed by atoms with van der Waals surface area (Å²) in [5.41, 5.74) is 0.988. The Labute approximate surface area is 179 Å². The van der Waals surface area contributed by atoms with E-state index in [-0.39, 0.29) is 29.8 Å². The lowest BCUT2D eigenvalue weighted by Gasteiger charge is -2.16. The van der Waals surface area contributed by atoms with Gasteiger partial charge in [0.05, 0.1) is 16.4 Å². The summed E-state index contributed by atoms with van der Waals surface area (Å²) in [5.74, 6) is -0.201. The Bertz CT molecular complexity index is 1130.